The first kappa shape index (κ1) is 10.7. The number of hydrogen-bond acceptors (Lipinski definition) is 4. The number of anilines is 2. The second-order valence-electron chi connectivity index (χ2n) is 4.43. The lowest BCUT2D eigenvalue weighted by atomic mass is 10.1. The smallest absolute Gasteiger partial charge is 0.173 e. The van der Waals surface area contributed by atoms with Gasteiger partial charge < -0.3 is 4.90 Å². The molecule has 1 aliphatic rings. The molecule has 0 saturated heterocycles. The van der Waals surface area contributed by atoms with Gasteiger partial charge in [0, 0.05) is 11.7 Å². The molecule has 0 spiro atoms. The molecule has 1 aromatic carbocycles. The number of nitriles is 1. The molecule has 18 heavy (non-hydrogen) atoms. The summed E-state index contributed by atoms with van der Waals surface area (Å²) in [6.07, 6.45) is 2.52. The van der Waals surface area contributed by atoms with Crippen molar-refractivity contribution in [2.45, 2.75) is 19.4 Å². The minimum atomic E-state index is 0.297. The molecule has 1 aliphatic heterocycles. The Kier molecular flexibility index (Phi) is 2.45. The van der Waals surface area contributed by atoms with Crippen molar-refractivity contribution >= 4 is 11.5 Å². The van der Waals surface area contributed by atoms with Crippen LogP contribution in [0.1, 0.15) is 18.1 Å². The number of para-hydroxylation sites is 1. The molecule has 1 atom stereocenters. The fourth-order valence-corrected chi connectivity index (χ4v) is 2.48. The van der Waals surface area contributed by atoms with E-state index in [0.29, 0.717) is 17.4 Å². The van der Waals surface area contributed by atoms with Crippen molar-refractivity contribution in [3.8, 4) is 6.07 Å². The molecule has 4 heteroatoms. The van der Waals surface area contributed by atoms with E-state index in [1.165, 1.54) is 5.56 Å². The molecule has 0 fully saturated rings. The maximum Gasteiger partial charge on any atom is 0.173 e. The van der Waals surface area contributed by atoms with Crippen LogP contribution in [0.25, 0.3) is 0 Å². The van der Waals surface area contributed by atoms with Gasteiger partial charge in [-0.2, -0.15) is 10.4 Å². The van der Waals surface area contributed by atoms with E-state index in [0.717, 1.165) is 12.1 Å². The highest BCUT2D eigenvalue weighted by molar-refractivity contribution is 5.71. The Bertz CT molecular complexity index is 630. The summed E-state index contributed by atoms with van der Waals surface area (Å²) >= 11 is 0. The first-order valence-corrected chi connectivity index (χ1v) is 5.90. The van der Waals surface area contributed by atoms with Gasteiger partial charge in [0.05, 0.1) is 11.8 Å². The Morgan fingerprint density at radius 3 is 3.00 bits per heavy atom. The Morgan fingerprint density at radius 1 is 1.33 bits per heavy atom. The summed E-state index contributed by atoms with van der Waals surface area (Å²) < 4.78 is 0. The third-order valence-corrected chi connectivity index (χ3v) is 3.26. The van der Waals surface area contributed by atoms with Crippen molar-refractivity contribution in [3.05, 3.63) is 47.7 Å². The van der Waals surface area contributed by atoms with E-state index in [2.05, 4.69) is 40.2 Å². The number of fused-ring (bicyclic) bond motifs is 1. The second-order valence-corrected chi connectivity index (χ2v) is 4.43. The predicted molar refractivity (Wildman–Crippen MR) is 68.5 cm³/mol. The summed E-state index contributed by atoms with van der Waals surface area (Å²) in [4.78, 5) is 2.10. The van der Waals surface area contributed by atoms with E-state index in [1.807, 2.05) is 12.1 Å². The molecule has 3 rings (SSSR count). The Hall–Kier alpha value is -2.41. The molecule has 4 nitrogen and oxygen atoms in total. The fourth-order valence-electron chi connectivity index (χ4n) is 2.48. The summed E-state index contributed by atoms with van der Waals surface area (Å²) in [6, 6.07) is 12.4. The van der Waals surface area contributed by atoms with Gasteiger partial charge in [-0.15, -0.1) is 5.10 Å². The third-order valence-electron chi connectivity index (χ3n) is 3.26. The average molecular weight is 236 g/mol. The molecule has 0 bridgehead atoms. The highest BCUT2D eigenvalue weighted by Crippen LogP contribution is 2.37. The zero-order valence-electron chi connectivity index (χ0n) is 10.0. The first-order valence-electron chi connectivity index (χ1n) is 5.90. The SMILES string of the molecule is CC1Cc2ccccc2N1c1nnccc1C#N. The fraction of sp³-hybridized carbons (Fsp3) is 0.214. The van der Waals surface area contributed by atoms with Crippen molar-refractivity contribution in [1.82, 2.24) is 10.2 Å². The first-order chi connectivity index (χ1) is 8.81. The predicted octanol–water partition coefficient (Wildman–Crippen LogP) is 2.43. The van der Waals surface area contributed by atoms with Crippen LogP contribution in [0.5, 0.6) is 0 Å². The minimum Gasteiger partial charge on any atom is -0.320 e. The Labute approximate surface area is 106 Å². The Balaban J connectivity index is 2.15. The zero-order valence-corrected chi connectivity index (χ0v) is 10.0. The molecule has 0 amide bonds. The average Bonchev–Trinajstić information content (AvgIpc) is 2.74. The van der Waals surface area contributed by atoms with Crippen LogP contribution in [0, 0.1) is 11.3 Å². The van der Waals surface area contributed by atoms with Crippen LogP contribution >= 0.6 is 0 Å². The summed E-state index contributed by atoms with van der Waals surface area (Å²) in [5.41, 5.74) is 2.98. The lowest BCUT2D eigenvalue weighted by Gasteiger charge is -2.23. The number of benzene rings is 1. The molecule has 0 radical (unpaired) electrons. The quantitative estimate of drug-likeness (QED) is 0.763. The standard InChI is InChI=1S/C14H12N4/c1-10-8-11-4-2-3-5-13(11)18(10)14-12(9-15)6-7-16-17-14/h2-7,10H,8H2,1H3. The monoisotopic (exact) mass is 236 g/mol. The summed E-state index contributed by atoms with van der Waals surface area (Å²) in [5, 5.41) is 17.2. The topological polar surface area (TPSA) is 52.8 Å². The Morgan fingerprint density at radius 2 is 2.17 bits per heavy atom. The maximum atomic E-state index is 9.17. The molecule has 2 aromatic rings. The minimum absolute atomic E-state index is 0.297. The van der Waals surface area contributed by atoms with Crippen LogP contribution in [0.4, 0.5) is 11.5 Å². The van der Waals surface area contributed by atoms with Crippen LogP contribution in [0.2, 0.25) is 0 Å². The highest BCUT2D eigenvalue weighted by Gasteiger charge is 2.29. The number of nitrogens with zero attached hydrogens (tertiary/aromatic N) is 4. The molecule has 88 valence electrons. The second kappa shape index (κ2) is 4.11. The summed E-state index contributed by atoms with van der Waals surface area (Å²) in [6.45, 7) is 2.13. The van der Waals surface area contributed by atoms with Gasteiger partial charge in [-0.3, -0.25) is 0 Å². The molecule has 0 N–H and O–H groups in total. The molecule has 1 aromatic heterocycles. The highest BCUT2D eigenvalue weighted by atomic mass is 15.3. The normalized spacial score (nSPS) is 17.3. The molecular weight excluding hydrogens is 224 g/mol. The van der Waals surface area contributed by atoms with Gasteiger partial charge in [-0.25, -0.2) is 0 Å². The molecular formula is C14H12N4. The van der Waals surface area contributed by atoms with Gasteiger partial charge in [0.1, 0.15) is 6.07 Å². The largest absolute Gasteiger partial charge is 0.320 e. The molecule has 2 heterocycles. The number of aromatic nitrogens is 2. The molecule has 0 saturated carbocycles. The van der Waals surface area contributed by atoms with E-state index in [1.54, 1.807) is 12.3 Å². The van der Waals surface area contributed by atoms with Gasteiger partial charge in [-0.05, 0) is 31.0 Å². The maximum absolute atomic E-state index is 9.17. The van der Waals surface area contributed by atoms with Crippen LogP contribution < -0.4 is 4.90 Å². The van der Waals surface area contributed by atoms with Gasteiger partial charge in [-0.1, -0.05) is 18.2 Å². The van der Waals surface area contributed by atoms with Gasteiger partial charge in [0.25, 0.3) is 0 Å². The molecule has 0 aliphatic carbocycles. The number of rotatable bonds is 1. The van der Waals surface area contributed by atoms with E-state index < -0.39 is 0 Å². The van der Waals surface area contributed by atoms with Crippen LogP contribution in [0.15, 0.2) is 36.5 Å². The molecule has 1 unspecified atom stereocenters. The van der Waals surface area contributed by atoms with E-state index >= 15 is 0 Å². The van der Waals surface area contributed by atoms with Crippen molar-refractivity contribution in [2.75, 3.05) is 4.90 Å². The van der Waals surface area contributed by atoms with Gasteiger partial charge >= 0.3 is 0 Å². The van der Waals surface area contributed by atoms with Crippen LogP contribution in [-0.4, -0.2) is 16.2 Å². The lowest BCUT2D eigenvalue weighted by Crippen LogP contribution is -2.25. The lowest BCUT2D eigenvalue weighted by molar-refractivity contribution is 0.742. The van der Waals surface area contributed by atoms with Crippen LogP contribution in [-0.2, 0) is 6.42 Å². The van der Waals surface area contributed by atoms with Crippen LogP contribution in [0.3, 0.4) is 0 Å². The summed E-state index contributed by atoms with van der Waals surface area (Å²) in [5.74, 6) is 0.650. The van der Waals surface area contributed by atoms with Gasteiger partial charge in [0.2, 0.25) is 0 Å². The van der Waals surface area contributed by atoms with E-state index in [9.17, 15) is 0 Å². The van der Waals surface area contributed by atoms with Gasteiger partial charge in [0.15, 0.2) is 5.82 Å². The van der Waals surface area contributed by atoms with E-state index in [4.69, 9.17) is 5.26 Å². The third kappa shape index (κ3) is 1.52. The van der Waals surface area contributed by atoms with Crippen molar-refractivity contribution in [1.29, 1.82) is 5.26 Å². The zero-order chi connectivity index (χ0) is 12.5. The van der Waals surface area contributed by atoms with E-state index in [-0.39, 0.29) is 0 Å². The van der Waals surface area contributed by atoms with Crippen molar-refractivity contribution in [2.24, 2.45) is 0 Å². The number of hydrogen-bond donors (Lipinski definition) is 0. The van der Waals surface area contributed by atoms with Crippen molar-refractivity contribution in [3.63, 3.8) is 0 Å². The van der Waals surface area contributed by atoms with Crippen molar-refractivity contribution < 1.29 is 0 Å². The summed E-state index contributed by atoms with van der Waals surface area (Å²) in [7, 11) is 0.